The van der Waals surface area contributed by atoms with Crippen LogP contribution in [-0.4, -0.2) is 30.4 Å². The predicted molar refractivity (Wildman–Crippen MR) is 57.1 cm³/mol. The number of carbonyl (C=O) groups is 2. The maximum absolute atomic E-state index is 11.7. The SMILES string of the molecule is CC1(C(=O)NCCCC(N)=O)CCCN1. The molecule has 0 aliphatic carbocycles. The Morgan fingerprint density at radius 3 is 2.80 bits per heavy atom. The summed E-state index contributed by atoms with van der Waals surface area (Å²) in [4.78, 5) is 22.2. The van der Waals surface area contributed by atoms with Crippen LogP contribution in [0, 0.1) is 0 Å². The molecule has 1 heterocycles. The van der Waals surface area contributed by atoms with E-state index in [1.807, 2.05) is 6.92 Å². The molecule has 1 unspecified atom stereocenters. The standard InChI is InChI=1S/C10H19N3O2/c1-10(5-3-7-13-10)9(15)12-6-2-4-8(11)14/h13H,2-7H2,1H3,(H2,11,14)(H,12,15). The maximum Gasteiger partial charge on any atom is 0.240 e. The zero-order valence-corrected chi connectivity index (χ0v) is 9.14. The van der Waals surface area contributed by atoms with Crippen molar-refractivity contribution in [3.05, 3.63) is 0 Å². The van der Waals surface area contributed by atoms with Crippen molar-refractivity contribution in [3.8, 4) is 0 Å². The van der Waals surface area contributed by atoms with Gasteiger partial charge in [-0.2, -0.15) is 0 Å². The molecule has 0 aromatic carbocycles. The van der Waals surface area contributed by atoms with Gasteiger partial charge >= 0.3 is 0 Å². The third-order valence-electron chi connectivity index (χ3n) is 2.76. The topological polar surface area (TPSA) is 84.2 Å². The number of hydrogen-bond acceptors (Lipinski definition) is 3. The van der Waals surface area contributed by atoms with Crippen molar-refractivity contribution in [1.82, 2.24) is 10.6 Å². The Morgan fingerprint density at radius 2 is 2.27 bits per heavy atom. The summed E-state index contributed by atoms with van der Waals surface area (Å²) in [5.74, 6) is -0.307. The number of nitrogens with two attached hydrogens (primary N) is 1. The van der Waals surface area contributed by atoms with Crippen molar-refractivity contribution in [2.75, 3.05) is 13.1 Å². The number of carbonyl (C=O) groups excluding carboxylic acids is 2. The molecule has 0 saturated carbocycles. The van der Waals surface area contributed by atoms with E-state index >= 15 is 0 Å². The first-order valence-electron chi connectivity index (χ1n) is 5.36. The van der Waals surface area contributed by atoms with Crippen LogP contribution in [0.3, 0.4) is 0 Å². The number of amides is 2. The molecule has 0 spiro atoms. The van der Waals surface area contributed by atoms with Crippen LogP contribution >= 0.6 is 0 Å². The first-order valence-corrected chi connectivity index (χ1v) is 5.36. The van der Waals surface area contributed by atoms with Gasteiger partial charge in [0.25, 0.3) is 0 Å². The van der Waals surface area contributed by atoms with Crippen LogP contribution in [0.1, 0.15) is 32.6 Å². The maximum atomic E-state index is 11.7. The molecule has 1 fully saturated rings. The average Bonchev–Trinajstić information content (AvgIpc) is 2.60. The molecule has 4 N–H and O–H groups in total. The second kappa shape index (κ2) is 5.11. The molecular weight excluding hydrogens is 194 g/mol. The van der Waals surface area contributed by atoms with Crippen LogP contribution in [0.25, 0.3) is 0 Å². The number of primary amides is 1. The third-order valence-corrected chi connectivity index (χ3v) is 2.76. The summed E-state index contributed by atoms with van der Waals surface area (Å²) in [6.45, 7) is 3.31. The van der Waals surface area contributed by atoms with Gasteiger partial charge < -0.3 is 16.4 Å². The van der Waals surface area contributed by atoms with Gasteiger partial charge in [0.1, 0.15) is 0 Å². The van der Waals surface area contributed by atoms with Crippen molar-refractivity contribution in [2.45, 2.75) is 38.1 Å². The molecule has 0 aromatic heterocycles. The Labute approximate surface area is 89.8 Å². The molecule has 5 heteroatoms. The second-order valence-corrected chi connectivity index (χ2v) is 4.19. The van der Waals surface area contributed by atoms with Gasteiger partial charge in [0, 0.05) is 13.0 Å². The van der Waals surface area contributed by atoms with E-state index in [1.165, 1.54) is 0 Å². The van der Waals surface area contributed by atoms with Crippen molar-refractivity contribution in [1.29, 1.82) is 0 Å². The van der Waals surface area contributed by atoms with Crippen molar-refractivity contribution in [3.63, 3.8) is 0 Å². The minimum atomic E-state index is -0.424. The number of hydrogen-bond donors (Lipinski definition) is 3. The molecule has 0 radical (unpaired) electrons. The number of rotatable bonds is 5. The molecule has 1 saturated heterocycles. The van der Waals surface area contributed by atoms with E-state index in [-0.39, 0.29) is 11.8 Å². The zero-order chi connectivity index (χ0) is 11.3. The highest BCUT2D eigenvalue weighted by Crippen LogP contribution is 2.18. The highest BCUT2D eigenvalue weighted by Gasteiger charge is 2.35. The lowest BCUT2D eigenvalue weighted by Crippen LogP contribution is -2.51. The largest absolute Gasteiger partial charge is 0.370 e. The summed E-state index contributed by atoms with van der Waals surface area (Å²) in [6.07, 6.45) is 2.83. The highest BCUT2D eigenvalue weighted by atomic mass is 16.2. The monoisotopic (exact) mass is 213 g/mol. The molecule has 2 amide bonds. The van der Waals surface area contributed by atoms with Crippen LogP contribution in [0.5, 0.6) is 0 Å². The minimum Gasteiger partial charge on any atom is -0.370 e. The van der Waals surface area contributed by atoms with E-state index < -0.39 is 5.54 Å². The van der Waals surface area contributed by atoms with E-state index in [1.54, 1.807) is 0 Å². The Balaban J connectivity index is 2.21. The van der Waals surface area contributed by atoms with Gasteiger partial charge in [-0.05, 0) is 32.7 Å². The normalized spacial score (nSPS) is 25.1. The summed E-state index contributed by atoms with van der Waals surface area (Å²) in [5, 5.41) is 5.99. The quantitative estimate of drug-likeness (QED) is 0.539. The smallest absolute Gasteiger partial charge is 0.240 e. The molecule has 1 aliphatic heterocycles. The summed E-state index contributed by atoms with van der Waals surface area (Å²) >= 11 is 0. The van der Waals surface area contributed by atoms with Crippen molar-refractivity contribution in [2.24, 2.45) is 5.73 Å². The lowest BCUT2D eigenvalue weighted by atomic mass is 9.99. The Bertz CT molecular complexity index is 247. The Morgan fingerprint density at radius 1 is 1.53 bits per heavy atom. The van der Waals surface area contributed by atoms with Gasteiger partial charge in [-0.25, -0.2) is 0 Å². The van der Waals surface area contributed by atoms with Gasteiger partial charge in [0.05, 0.1) is 5.54 Å². The van der Waals surface area contributed by atoms with Crippen LogP contribution in [0.15, 0.2) is 0 Å². The number of nitrogens with one attached hydrogen (secondary N) is 2. The molecule has 1 aliphatic rings. The van der Waals surface area contributed by atoms with Gasteiger partial charge in [0.15, 0.2) is 0 Å². The molecule has 1 rings (SSSR count). The fourth-order valence-electron chi connectivity index (χ4n) is 1.75. The van der Waals surface area contributed by atoms with E-state index in [4.69, 9.17) is 5.73 Å². The molecule has 15 heavy (non-hydrogen) atoms. The van der Waals surface area contributed by atoms with Crippen LogP contribution in [-0.2, 0) is 9.59 Å². The van der Waals surface area contributed by atoms with E-state index in [0.29, 0.717) is 19.4 Å². The van der Waals surface area contributed by atoms with Gasteiger partial charge in [-0.15, -0.1) is 0 Å². The molecular formula is C10H19N3O2. The van der Waals surface area contributed by atoms with Gasteiger partial charge in [-0.3, -0.25) is 9.59 Å². The molecule has 5 nitrogen and oxygen atoms in total. The van der Waals surface area contributed by atoms with Crippen LogP contribution < -0.4 is 16.4 Å². The molecule has 0 aromatic rings. The zero-order valence-electron chi connectivity index (χ0n) is 9.14. The van der Waals surface area contributed by atoms with Crippen molar-refractivity contribution < 1.29 is 9.59 Å². The summed E-state index contributed by atoms with van der Waals surface area (Å²) in [5.41, 5.74) is 4.57. The van der Waals surface area contributed by atoms with E-state index in [9.17, 15) is 9.59 Å². The third kappa shape index (κ3) is 3.51. The fraction of sp³-hybridized carbons (Fsp3) is 0.800. The first-order chi connectivity index (χ1) is 7.04. The van der Waals surface area contributed by atoms with E-state index in [0.717, 1.165) is 19.4 Å². The van der Waals surface area contributed by atoms with Crippen LogP contribution in [0.4, 0.5) is 0 Å². The fourth-order valence-corrected chi connectivity index (χ4v) is 1.75. The Kier molecular flexibility index (Phi) is 4.08. The second-order valence-electron chi connectivity index (χ2n) is 4.19. The lowest BCUT2D eigenvalue weighted by Gasteiger charge is -2.22. The molecule has 1 atom stereocenters. The van der Waals surface area contributed by atoms with E-state index in [2.05, 4.69) is 10.6 Å². The summed E-state index contributed by atoms with van der Waals surface area (Å²) < 4.78 is 0. The highest BCUT2D eigenvalue weighted by molar-refractivity contribution is 5.86. The minimum absolute atomic E-state index is 0.0180. The molecule has 0 bridgehead atoms. The van der Waals surface area contributed by atoms with Crippen molar-refractivity contribution >= 4 is 11.8 Å². The summed E-state index contributed by atoms with van der Waals surface area (Å²) in [7, 11) is 0. The van der Waals surface area contributed by atoms with Gasteiger partial charge in [-0.1, -0.05) is 0 Å². The Hall–Kier alpha value is -1.10. The summed E-state index contributed by atoms with van der Waals surface area (Å²) in [6, 6.07) is 0. The average molecular weight is 213 g/mol. The molecule has 86 valence electrons. The van der Waals surface area contributed by atoms with Crippen LogP contribution in [0.2, 0.25) is 0 Å². The lowest BCUT2D eigenvalue weighted by molar-refractivity contribution is -0.126. The van der Waals surface area contributed by atoms with Gasteiger partial charge in [0.2, 0.25) is 11.8 Å². The predicted octanol–water partition coefficient (Wildman–Crippen LogP) is -0.490. The first kappa shape index (κ1) is 12.0.